The Balaban J connectivity index is 2.08. The van der Waals surface area contributed by atoms with Crippen LogP contribution in [0.4, 0.5) is 5.95 Å². The highest BCUT2D eigenvalue weighted by Crippen LogP contribution is 2.27. The molecule has 7 nitrogen and oxygen atoms in total. The van der Waals surface area contributed by atoms with Crippen molar-refractivity contribution in [3.05, 3.63) is 23.8 Å². The second kappa shape index (κ2) is 5.35. The third kappa shape index (κ3) is 2.50. The average molecular weight is 249 g/mol. The highest BCUT2D eigenvalue weighted by Gasteiger charge is 2.06. The molecule has 96 valence electrons. The maximum absolute atomic E-state index is 5.59. The number of benzene rings is 1. The van der Waals surface area contributed by atoms with Crippen LogP contribution in [0.5, 0.6) is 11.5 Å². The first kappa shape index (κ1) is 12.2. The molecule has 0 fully saturated rings. The molecule has 2 aromatic rings. The molecule has 1 aromatic carbocycles. The summed E-state index contributed by atoms with van der Waals surface area (Å²) in [5.41, 5.74) is 6.69. The lowest BCUT2D eigenvalue weighted by Gasteiger charge is -2.09. The first-order valence-corrected chi connectivity index (χ1v) is 5.47. The fourth-order valence-electron chi connectivity index (χ4n) is 1.64. The van der Waals surface area contributed by atoms with Gasteiger partial charge in [0.2, 0.25) is 5.95 Å². The van der Waals surface area contributed by atoms with E-state index in [4.69, 9.17) is 15.2 Å². The number of ether oxygens (including phenoxy) is 2. The summed E-state index contributed by atoms with van der Waals surface area (Å²) in [6, 6.07) is 5.78. The van der Waals surface area contributed by atoms with Gasteiger partial charge >= 0.3 is 0 Å². The van der Waals surface area contributed by atoms with Crippen LogP contribution in [-0.4, -0.2) is 34.4 Å². The Morgan fingerprint density at radius 3 is 2.61 bits per heavy atom. The maximum atomic E-state index is 5.59. The molecule has 18 heavy (non-hydrogen) atoms. The maximum Gasteiger partial charge on any atom is 0.240 e. The number of nitrogen functional groups attached to an aromatic ring is 1. The Morgan fingerprint density at radius 2 is 2.00 bits per heavy atom. The molecule has 0 saturated heterocycles. The molecule has 7 heteroatoms. The molecular formula is C11H15N5O2. The van der Waals surface area contributed by atoms with Crippen molar-refractivity contribution in [2.45, 2.75) is 13.0 Å². The number of nitrogens with two attached hydrogens (primary N) is 1. The summed E-state index contributed by atoms with van der Waals surface area (Å²) in [5.74, 6) is 1.73. The number of hydrogen-bond acceptors (Lipinski definition) is 6. The highest BCUT2D eigenvalue weighted by molar-refractivity contribution is 5.42. The van der Waals surface area contributed by atoms with E-state index in [1.807, 2.05) is 18.2 Å². The predicted molar refractivity (Wildman–Crippen MR) is 65.5 cm³/mol. The summed E-state index contributed by atoms with van der Waals surface area (Å²) in [7, 11) is 3.22. The van der Waals surface area contributed by atoms with E-state index in [1.54, 1.807) is 18.9 Å². The fraction of sp³-hybridized carbons (Fsp3) is 0.364. The first-order chi connectivity index (χ1) is 8.74. The fourth-order valence-corrected chi connectivity index (χ4v) is 1.64. The minimum absolute atomic E-state index is 0.315. The first-order valence-electron chi connectivity index (χ1n) is 5.47. The summed E-state index contributed by atoms with van der Waals surface area (Å²) < 4.78 is 12.0. The van der Waals surface area contributed by atoms with E-state index in [-0.39, 0.29) is 0 Å². The van der Waals surface area contributed by atoms with Crippen molar-refractivity contribution in [2.24, 2.45) is 0 Å². The smallest absolute Gasteiger partial charge is 0.240 e. The van der Waals surface area contributed by atoms with Gasteiger partial charge < -0.3 is 15.2 Å². The number of methoxy groups -OCH3 is 2. The minimum atomic E-state index is 0.315. The lowest BCUT2D eigenvalue weighted by Crippen LogP contribution is -2.07. The molecule has 1 heterocycles. The van der Waals surface area contributed by atoms with E-state index in [0.29, 0.717) is 24.0 Å². The van der Waals surface area contributed by atoms with Crippen molar-refractivity contribution in [3.8, 4) is 11.5 Å². The van der Waals surface area contributed by atoms with Gasteiger partial charge in [-0.2, -0.15) is 0 Å². The number of aryl methyl sites for hydroxylation is 2. The van der Waals surface area contributed by atoms with Gasteiger partial charge in [-0.1, -0.05) is 11.2 Å². The Kier molecular flexibility index (Phi) is 3.61. The zero-order valence-electron chi connectivity index (χ0n) is 10.3. The van der Waals surface area contributed by atoms with E-state index >= 15 is 0 Å². The van der Waals surface area contributed by atoms with Crippen LogP contribution in [0.25, 0.3) is 0 Å². The van der Waals surface area contributed by atoms with Crippen LogP contribution in [-0.2, 0) is 13.0 Å². The lowest BCUT2D eigenvalue weighted by atomic mass is 10.1. The molecule has 0 aliphatic carbocycles. The number of anilines is 1. The van der Waals surface area contributed by atoms with Gasteiger partial charge in [0.25, 0.3) is 0 Å². The van der Waals surface area contributed by atoms with Gasteiger partial charge in [-0.05, 0) is 34.5 Å². The molecule has 0 radical (unpaired) electrons. The van der Waals surface area contributed by atoms with Gasteiger partial charge in [0.1, 0.15) is 0 Å². The molecule has 0 bridgehead atoms. The van der Waals surface area contributed by atoms with Gasteiger partial charge in [0, 0.05) is 0 Å². The summed E-state index contributed by atoms with van der Waals surface area (Å²) in [6.07, 6.45) is 0.760. The van der Waals surface area contributed by atoms with E-state index in [9.17, 15) is 0 Å². The van der Waals surface area contributed by atoms with Crippen LogP contribution in [0.2, 0.25) is 0 Å². The van der Waals surface area contributed by atoms with E-state index in [2.05, 4.69) is 15.5 Å². The van der Waals surface area contributed by atoms with Gasteiger partial charge in [0.15, 0.2) is 11.5 Å². The van der Waals surface area contributed by atoms with Crippen LogP contribution in [0.3, 0.4) is 0 Å². The van der Waals surface area contributed by atoms with Gasteiger partial charge in [0.05, 0.1) is 20.8 Å². The highest BCUT2D eigenvalue weighted by atomic mass is 16.5. The summed E-state index contributed by atoms with van der Waals surface area (Å²) in [4.78, 5) is 0. The molecule has 2 N–H and O–H groups in total. The molecule has 0 unspecified atom stereocenters. The molecule has 0 aliphatic rings. The van der Waals surface area contributed by atoms with Crippen molar-refractivity contribution in [1.29, 1.82) is 0 Å². The van der Waals surface area contributed by atoms with Gasteiger partial charge in [-0.3, -0.25) is 0 Å². The van der Waals surface area contributed by atoms with Crippen LogP contribution < -0.4 is 15.2 Å². The summed E-state index contributed by atoms with van der Waals surface area (Å²) in [6.45, 7) is 0.619. The number of hydrogen-bond donors (Lipinski definition) is 1. The average Bonchev–Trinajstić information content (AvgIpc) is 2.81. The monoisotopic (exact) mass is 249 g/mol. The van der Waals surface area contributed by atoms with Crippen molar-refractivity contribution in [3.63, 3.8) is 0 Å². The molecular weight excluding hydrogens is 234 g/mol. The second-order valence-electron chi connectivity index (χ2n) is 3.70. The second-order valence-corrected chi connectivity index (χ2v) is 3.70. The Morgan fingerprint density at radius 1 is 1.22 bits per heavy atom. The van der Waals surface area contributed by atoms with E-state index in [0.717, 1.165) is 12.0 Å². The van der Waals surface area contributed by atoms with Crippen LogP contribution in [0, 0.1) is 0 Å². The van der Waals surface area contributed by atoms with Crippen LogP contribution >= 0.6 is 0 Å². The largest absolute Gasteiger partial charge is 0.493 e. The Hall–Kier alpha value is -2.31. The van der Waals surface area contributed by atoms with Crippen LogP contribution in [0.15, 0.2) is 18.2 Å². The van der Waals surface area contributed by atoms with Gasteiger partial charge in [-0.15, -0.1) is 0 Å². The van der Waals surface area contributed by atoms with Crippen molar-refractivity contribution >= 4 is 5.95 Å². The number of tetrazole rings is 1. The normalized spacial score (nSPS) is 10.3. The van der Waals surface area contributed by atoms with Gasteiger partial charge in [-0.25, -0.2) is 4.68 Å². The zero-order chi connectivity index (χ0) is 13.0. The van der Waals surface area contributed by atoms with E-state index in [1.165, 1.54) is 0 Å². The quantitative estimate of drug-likeness (QED) is 0.830. The molecule has 0 aliphatic heterocycles. The predicted octanol–water partition coefficient (Wildman–Crippen LogP) is 0.515. The molecule has 0 atom stereocenters. The zero-order valence-corrected chi connectivity index (χ0v) is 10.3. The molecule has 2 rings (SSSR count). The summed E-state index contributed by atoms with van der Waals surface area (Å²) >= 11 is 0. The van der Waals surface area contributed by atoms with Crippen molar-refractivity contribution < 1.29 is 9.47 Å². The number of aromatic nitrogens is 4. The number of rotatable bonds is 5. The lowest BCUT2D eigenvalue weighted by molar-refractivity contribution is 0.354. The topological polar surface area (TPSA) is 88.1 Å². The third-order valence-electron chi connectivity index (χ3n) is 2.62. The third-order valence-corrected chi connectivity index (χ3v) is 2.62. The standard InChI is InChI=1S/C11H15N5O2/c1-17-9-4-3-8(7-10(9)18-2)5-6-16-11(12)13-14-15-16/h3-4,7H,5-6H2,1-2H3,(H2,12,13,15). The molecule has 1 aromatic heterocycles. The SMILES string of the molecule is COc1ccc(CCn2nnnc2N)cc1OC. The Labute approximate surface area is 104 Å². The van der Waals surface area contributed by atoms with Crippen LogP contribution in [0.1, 0.15) is 5.56 Å². The minimum Gasteiger partial charge on any atom is -0.493 e. The number of nitrogens with zero attached hydrogens (tertiary/aromatic N) is 4. The van der Waals surface area contributed by atoms with Crippen molar-refractivity contribution in [1.82, 2.24) is 20.2 Å². The van der Waals surface area contributed by atoms with E-state index < -0.39 is 0 Å². The Bertz CT molecular complexity index is 526. The molecule has 0 spiro atoms. The van der Waals surface area contributed by atoms with Crippen molar-refractivity contribution in [2.75, 3.05) is 20.0 Å². The summed E-state index contributed by atoms with van der Waals surface area (Å²) in [5, 5.41) is 10.9. The molecule has 0 saturated carbocycles. The molecule has 0 amide bonds.